The number of amides is 1. The molecular weight excluding hydrogens is 557 g/mol. The second-order valence-corrected chi connectivity index (χ2v) is 12.1. The smallest absolute Gasteiger partial charge is 0.229 e. The molecule has 3 N–H and O–H groups in total. The van der Waals surface area contributed by atoms with E-state index in [1.807, 2.05) is 51.1 Å². The average Bonchev–Trinajstić information content (AvgIpc) is 3.01. The number of methoxy groups -OCH3 is 1. The van der Waals surface area contributed by atoms with Crippen molar-refractivity contribution < 1.29 is 13.9 Å². The van der Waals surface area contributed by atoms with Crippen molar-refractivity contribution in [2.75, 3.05) is 55.9 Å². The van der Waals surface area contributed by atoms with Crippen molar-refractivity contribution in [3.8, 4) is 5.75 Å². The first-order chi connectivity index (χ1) is 21.1. The van der Waals surface area contributed by atoms with Gasteiger partial charge in [-0.15, -0.1) is 0 Å². The molecule has 3 aromatic rings. The Morgan fingerprint density at radius 2 is 1.75 bits per heavy atom. The van der Waals surface area contributed by atoms with Crippen LogP contribution >= 0.6 is 0 Å². The van der Waals surface area contributed by atoms with Gasteiger partial charge in [0.25, 0.3) is 0 Å². The zero-order valence-electron chi connectivity index (χ0n) is 26.5. The molecule has 1 saturated heterocycles. The van der Waals surface area contributed by atoms with Crippen molar-refractivity contribution in [1.82, 2.24) is 20.2 Å². The van der Waals surface area contributed by atoms with E-state index >= 15 is 4.39 Å². The van der Waals surface area contributed by atoms with Crippen molar-refractivity contribution in [2.24, 2.45) is 17.8 Å². The van der Waals surface area contributed by atoms with Gasteiger partial charge in [0.05, 0.1) is 25.3 Å². The molecule has 0 radical (unpaired) electrons. The summed E-state index contributed by atoms with van der Waals surface area (Å²) in [5.41, 5.74) is 4.16. The first-order valence-electron chi connectivity index (χ1n) is 15.4. The minimum atomic E-state index is -0.572. The number of ether oxygens (including phenoxy) is 1. The molecule has 1 aliphatic carbocycles. The van der Waals surface area contributed by atoms with Crippen LogP contribution in [0.1, 0.15) is 37.9 Å². The van der Waals surface area contributed by atoms with Gasteiger partial charge in [0.1, 0.15) is 5.75 Å². The number of nitrogens with zero attached hydrogens (tertiary/aromatic N) is 4. The predicted octanol–water partition coefficient (Wildman–Crippen LogP) is 5.54. The number of hydrogen-bond acceptors (Lipinski definition) is 8. The zero-order valence-corrected chi connectivity index (χ0v) is 26.5. The predicted molar refractivity (Wildman–Crippen MR) is 174 cm³/mol. The van der Waals surface area contributed by atoms with E-state index in [4.69, 9.17) is 4.74 Å². The maximum atomic E-state index is 15.1. The Labute approximate surface area is 259 Å². The van der Waals surface area contributed by atoms with Crippen LogP contribution in [-0.2, 0) is 4.79 Å². The largest absolute Gasteiger partial charge is 0.497 e. The molecule has 0 spiro atoms. The monoisotopic (exact) mass is 601 g/mol. The molecule has 1 aliphatic heterocycles. The molecule has 1 amide bonds. The number of aromatic nitrogens is 2. The van der Waals surface area contributed by atoms with E-state index in [0.717, 1.165) is 54.9 Å². The number of anilines is 4. The van der Waals surface area contributed by atoms with Crippen LogP contribution in [0.5, 0.6) is 5.75 Å². The van der Waals surface area contributed by atoms with Gasteiger partial charge in [-0.2, -0.15) is 4.98 Å². The quantitative estimate of drug-likeness (QED) is 0.275. The molecule has 10 heteroatoms. The van der Waals surface area contributed by atoms with Crippen LogP contribution in [0.2, 0.25) is 0 Å². The number of carbonyl (C=O) groups excluding carboxylic acids is 1. The number of allylic oxidation sites excluding steroid dienone is 1. The zero-order chi connectivity index (χ0) is 31.4. The van der Waals surface area contributed by atoms with Crippen molar-refractivity contribution in [3.63, 3.8) is 0 Å². The summed E-state index contributed by atoms with van der Waals surface area (Å²) < 4.78 is 20.4. The Bertz CT molecular complexity index is 1470. The lowest BCUT2D eigenvalue weighted by molar-refractivity contribution is -0.127. The van der Waals surface area contributed by atoms with Crippen molar-refractivity contribution in [1.29, 1.82) is 0 Å². The van der Waals surface area contributed by atoms with E-state index in [1.54, 1.807) is 7.11 Å². The summed E-state index contributed by atoms with van der Waals surface area (Å²) in [5, 5.41) is 9.68. The van der Waals surface area contributed by atoms with Gasteiger partial charge in [0.2, 0.25) is 11.9 Å². The van der Waals surface area contributed by atoms with Gasteiger partial charge in [0.15, 0.2) is 11.6 Å². The van der Waals surface area contributed by atoms with Gasteiger partial charge >= 0.3 is 0 Å². The summed E-state index contributed by atoms with van der Waals surface area (Å²) >= 11 is 0. The normalized spacial score (nSPS) is 22.8. The molecule has 1 aromatic heterocycles. The number of halogens is 1. The Hall–Kier alpha value is -4.18. The lowest BCUT2D eigenvalue weighted by atomic mass is 9.75. The van der Waals surface area contributed by atoms with Crippen LogP contribution in [0, 0.1) is 30.5 Å². The van der Waals surface area contributed by atoms with Crippen LogP contribution in [0.15, 0.2) is 60.8 Å². The highest BCUT2D eigenvalue weighted by molar-refractivity contribution is 5.81. The molecule has 0 unspecified atom stereocenters. The molecule has 44 heavy (non-hydrogen) atoms. The molecule has 234 valence electrons. The Kier molecular flexibility index (Phi) is 9.68. The van der Waals surface area contributed by atoms with Gasteiger partial charge in [0, 0.05) is 43.6 Å². The third kappa shape index (κ3) is 7.13. The van der Waals surface area contributed by atoms with Gasteiger partial charge in [-0.05, 0) is 74.2 Å². The summed E-state index contributed by atoms with van der Waals surface area (Å²) in [6.07, 6.45) is 5.29. The number of benzene rings is 2. The third-order valence-electron chi connectivity index (χ3n) is 8.86. The first-order valence-corrected chi connectivity index (χ1v) is 15.4. The number of carbonyl (C=O) groups is 1. The summed E-state index contributed by atoms with van der Waals surface area (Å²) in [6, 6.07) is 13.2. The van der Waals surface area contributed by atoms with Crippen molar-refractivity contribution in [3.05, 3.63) is 77.8 Å². The minimum Gasteiger partial charge on any atom is -0.497 e. The topological polar surface area (TPSA) is 94.6 Å². The number of nitrogens with one attached hydrogen (secondary N) is 3. The SMILES string of the molecule is COc1ccc([C@@H](C)NC(=O)[C@H]2[C@@H](Nc3nc(Nc4ccc(N5CCN(C)CC5)c(C)c4)ncc3F)[C@@H](C)C=C[C@H]2C)cc1. The standard InChI is InChI=1S/C34H44FN7O2/c1-21-7-8-22(2)31(30(21)33(43)37-24(4)25-9-12-27(44-6)13-10-25)39-32-28(35)20-36-34(40-32)38-26-11-14-29(23(3)19-26)42-17-15-41(5)16-18-42/h7-14,19-22,24,30-31H,15-18H2,1-6H3,(H,37,43)(H2,36,38,39,40)/t21-,22+,24-,30-,31+/m1/s1. The Balaban J connectivity index is 1.30. The van der Waals surface area contributed by atoms with Crippen LogP contribution < -0.4 is 25.6 Å². The van der Waals surface area contributed by atoms with Crippen LogP contribution in [0.25, 0.3) is 0 Å². The van der Waals surface area contributed by atoms with E-state index < -0.39 is 11.7 Å². The number of aryl methyl sites for hydroxylation is 1. The van der Waals surface area contributed by atoms with Crippen LogP contribution in [-0.4, -0.2) is 67.2 Å². The molecular formula is C34H44FN7O2. The maximum Gasteiger partial charge on any atom is 0.229 e. The van der Waals surface area contributed by atoms with E-state index in [9.17, 15) is 4.79 Å². The van der Waals surface area contributed by atoms with Crippen molar-refractivity contribution >= 4 is 29.0 Å². The molecule has 0 saturated carbocycles. The Morgan fingerprint density at radius 1 is 1.05 bits per heavy atom. The molecule has 5 rings (SSSR count). The molecule has 0 bridgehead atoms. The number of rotatable bonds is 9. The number of hydrogen-bond donors (Lipinski definition) is 3. The fourth-order valence-electron chi connectivity index (χ4n) is 6.10. The van der Waals surface area contributed by atoms with Crippen LogP contribution in [0.4, 0.5) is 27.5 Å². The molecule has 2 aliphatic rings. The minimum absolute atomic E-state index is 0.0335. The number of piperazine rings is 1. The Morgan fingerprint density at radius 3 is 2.43 bits per heavy atom. The second-order valence-electron chi connectivity index (χ2n) is 12.1. The number of likely N-dealkylation sites (N-methyl/N-ethyl adjacent to an activating group) is 1. The van der Waals surface area contributed by atoms with E-state index in [0.29, 0.717) is 0 Å². The lowest BCUT2D eigenvalue weighted by Gasteiger charge is -2.37. The summed E-state index contributed by atoms with van der Waals surface area (Å²) in [6.45, 7) is 12.1. The molecule has 9 nitrogen and oxygen atoms in total. The van der Waals surface area contributed by atoms with Gasteiger partial charge in [-0.25, -0.2) is 9.37 Å². The molecule has 2 aromatic carbocycles. The van der Waals surface area contributed by atoms with E-state index in [-0.39, 0.29) is 41.6 Å². The summed E-state index contributed by atoms with van der Waals surface area (Å²) in [7, 11) is 3.77. The van der Waals surface area contributed by atoms with Gasteiger partial charge in [-0.1, -0.05) is 38.1 Å². The maximum absolute atomic E-state index is 15.1. The molecule has 1 fully saturated rings. The fraction of sp³-hybridized carbons (Fsp3) is 0.441. The average molecular weight is 602 g/mol. The molecule has 2 heterocycles. The highest BCUT2D eigenvalue weighted by Crippen LogP contribution is 2.33. The second kappa shape index (κ2) is 13.6. The first kappa shape index (κ1) is 31.3. The van der Waals surface area contributed by atoms with E-state index in [1.165, 1.54) is 5.69 Å². The van der Waals surface area contributed by atoms with E-state index in [2.05, 4.69) is 74.0 Å². The van der Waals surface area contributed by atoms with Crippen LogP contribution in [0.3, 0.4) is 0 Å². The summed E-state index contributed by atoms with van der Waals surface area (Å²) in [4.78, 5) is 27.1. The van der Waals surface area contributed by atoms with Gasteiger partial charge in [-0.3, -0.25) is 4.79 Å². The van der Waals surface area contributed by atoms with Gasteiger partial charge < -0.3 is 30.5 Å². The third-order valence-corrected chi connectivity index (χ3v) is 8.86. The highest BCUT2D eigenvalue weighted by Gasteiger charge is 2.38. The summed E-state index contributed by atoms with van der Waals surface area (Å²) in [5.74, 6) is -0.1000. The highest BCUT2D eigenvalue weighted by atomic mass is 19.1. The molecule has 5 atom stereocenters. The lowest BCUT2D eigenvalue weighted by Crippen LogP contribution is -2.49. The fourth-order valence-corrected chi connectivity index (χ4v) is 6.10. The van der Waals surface area contributed by atoms with Crippen molar-refractivity contribution in [2.45, 2.75) is 39.8 Å².